The van der Waals surface area contributed by atoms with E-state index in [0.717, 1.165) is 12.7 Å². The van der Waals surface area contributed by atoms with Gasteiger partial charge >= 0.3 is 7.79 Å². The zero-order chi connectivity index (χ0) is 15.0. The van der Waals surface area contributed by atoms with E-state index in [2.05, 4.69) is 69.6 Å². The van der Waals surface area contributed by atoms with Gasteiger partial charge in [0.05, 0.1) is 0 Å². The second kappa shape index (κ2) is 5.80. The maximum Gasteiger partial charge on any atom is 0.374 e. The molecule has 4 heteroatoms. The van der Waals surface area contributed by atoms with Gasteiger partial charge in [-0.3, -0.25) is 4.57 Å². The van der Waals surface area contributed by atoms with Crippen LogP contribution < -0.4 is 0 Å². The summed E-state index contributed by atoms with van der Waals surface area (Å²) in [7, 11) is -0.182. The van der Waals surface area contributed by atoms with Crippen LogP contribution in [0.5, 0.6) is 0 Å². The Balaban J connectivity index is 2.14. The van der Waals surface area contributed by atoms with Crippen molar-refractivity contribution in [3.63, 3.8) is 0 Å². The van der Waals surface area contributed by atoms with Crippen molar-refractivity contribution in [3.05, 3.63) is 35.9 Å². The van der Waals surface area contributed by atoms with Gasteiger partial charge in [-0.15, -0.1) is 11.1 Å². The van der Waals surface area contributed by atoms with E-state index in [4.69, 9.17) is 15.5 Å². The fourth-order valence-electron chi connectivity index (χ4n) is 2.74. The molecule has 112 valence electrons. The Kier molecular flexibility index (Phi) is 4.65. The zero-order valence-corrected chi connectivity index (χ0v) is 14.9. The van der Waals surface area contributed by atoms with E-state index in [1.54, 1.807) is 0 Å². The average molecular weight is 312 g/mol. The first-order valence-electron chi connectivity index (χ1n) is 7.34. The molecule has 2 nitrogen and oxygen atoms in total. The summed E-state index contributed by atoms with van der Waals surface area (Å²) >= 11 is 6.91. The van der Waals surface area contributed by atoms with Gasteiger partial charge in [0.1, 0.15) is 0 Å². The van der Waals surface area contributed by atoms with Gasteiger partial charge in [-0.1, -0.05) is 51.1 Å². The first-order valence-corrected chi connectivity index (χ1v) is 10.4. The highest BCUT2D eigenvalue weighted by Crippen LogP contribution is 2.44. The fourth-order valence-corrected chi connectivity index (χ4v) is 7.04. The molecule has 0 saturated carbocycles. The molecule has 0 radical (unpaired) electrons. The topological polar surface area (TPSA) is 12.5 Å². The van der Waals surface area contributed by atoms with E-state index in [1.807, 2.05) is 0 Å². The molecule has 2 rings (SSSR count). The highest BCUT2D eigenvalue weighted by Gasteiger charge is 2.52. The lowest BCUT2D eigenvalue weighted by Gasteiger charge is -2.32. The van der Waals surface area contributed by atoms with Crippen molar-refractivity contribution in [2.45, 2.75) is 45.7 Å². The van der Waals surface area contributed by atoms with Crippen LogP contribution >= 0.6 is 11.1 Å². The molecule has 0 amide bonds. The average Bonchev–Trinajstić information content (AvgIpc) is 2.62. The predicted molar refractivity (Wildman–Crippen MR) is 88.2 cm³/mol. The fraction of sp³-hybridized carbons (Fsp3) is 0.625. The number of rotatable bonds is 3. The number of hydrogen-bond acceptors (Lipinski definition) is 2. The molecular weight excluding hydrogens is 286 g/mol. The number of benzene rings is 1. The molecule has 1 heterocycles. The van der Waals surface area contributed by atoms with Crippen molar-refractivity contribution in [2.24, 2.45) is 5.41 Å². The highest BCUT2D eigenvalue weighted by molar-refractivity contribution is 7.15. The lowest BCUT2D eigenvalue weighted by Crippen LogP contribution is -2.48. The van der Waals surface area contributed by atoms with E-state index >= 15 is 0 Å². The van der Waals surface area contributed by atoms with E-state index in [9.17, 15) is 0 Å². The standard InChI is InChI=1S/C16H26ClNOSi/c1-13-15(14-9-7-6-8-10-14)11-20(17,18(13)5)19-12-16(2,3)4/h6-10,13,15H,11-12H2,1-5H3/t13-,15+,20?/m1/s1. The molecule has 20 heavy (non-hydrogen) atoms. The largest absolute Gasteiger partial charge is 0.391 e. The maximum absolute atomic E-state index is 6.91. The van der Waals surface area contributed by atoms with Crippen LogP contribution in [-0.4, -0.2) is 32.1 Å². The van der Waals surface area contributed by atoms with Gasteiger partial charge in [-0.05, 0) is 24.9 Å². The van der Waals surface area contributed by atoms with Crippen LogP contribution in [-0.2, 0) is 4.43 Å². The summed E-state index contributed by atoms with van der Waals surface area (Å²) < 4.78 is 8.52. The van der Waals surface area contributed by atoms with Gasteiger partial charge in [-0.2, -0.15) is 0 Å². The summed E-state index contributed by atoms with van der Waals surface area (Å²) in [5.74, 6) is 0.477. The molecule has 1 aromatic carbocycles. The number of nitrogens with zero attached hydrogens (tertiary/aromatic N) is 1. The van der Waals surface area contributed by atoms with Gasteiger partial charge in [0.25, 0.3) is 0 Å². The SMILES string of the molecule is C[C@@H]1[C@@H](c2ccccc2)C[Si](Cl)(OCC(C)(C)C)N1C. The Morgan fingerprint density at radius 1 is 1.30 bits per heavy atom. The van der Waals surface area contributed by atoms with Crippen molar-refractivity contribution in [1.29, 1.82) is 0 Å². The maximum atomic E-state index is 6.91. The van der Waals surface area contributed by atoms with Crippen molar-refractivity contribution in [3.8, 4) is 0 Å². The third-order valence-electron chi connectivity index (χ3n) is 4.15. The van der Waals surface area contributed by atoms with Crippen molar-refractivity contribution >= 4 is 18.9 Å². The van der Waals surface area contributed by atoms with Crippen molar-refractivity contribution < 1.29 is 4.43 Å². The predicted octanol–water partition coefficient (Wildman–Crippen LogP) is 4.34. The van der Waals surface area contributed by atoms with Gasteiger partial charge in [0, 0.05) is 24.6 Å². The molecule has 1 aliphatic rings. The molecule has 0 N–H and O–H groups in total. The smallest absolute Gasteiger partial charge is 0.374 e. The summed E-state index contributed by atoms with van der Waals surface area (Å²) in [4.78, 5) is 0. The summed E-state index contributed by atoms with van der Waals surface area (Å²) in [6.45, 7) is 9.55. The van der Waals surface area contributed by atoms with Crippen LogP contribution in [0.1, 0.15) is 39.2 Å². The van der Waals surface area contributed by atoms with Gasteiger partial charge in [0.15, 0.2) is 0 Å². The Morgan fingerprint density at radius 2 is 1.90 bits per heavy atom. The van der Waals surface area contributed by atoms with Crippen LogP contribution in [0.15, 0.2) is 30.3 Å². The summed E-state index contributed by atoms with van der Waals surface area (Å²) in [5.41, 5.74) is 1.53. The van der Waals surface area contributed by atoms with Crippen LogP contribution in [0.4, 0.5) is 0 Å². The summed E-state index contributed by atoms with van der Waals surface area (Å²) in [5, 5.41) is 0. The Hall–Kier alpha value is -0.353. The lowest BCUT2D eigenvalue weighted by molar-refractivity contribution is 0.174. The summed E-state index contributed by atoms with van der Waals surface area (Å²) in [6, 6.07) is 12.1. The quantitative estimate of drug-likeness (QED) is 0.608. The van der Waals surface area contributed by atoms with E-state index in [0.29, 0.717) is 12.0 Å². The minimum Gasteiger partial charge on any atom is -0.391 e. The molecule has 0 bridgehead atoms. The first-order chi connectivity index (χ1) is 9.23. The first kappa shape index (κ1) is 16.0. The number of hydrogen-bond donors (Lipinski definition) is 0. The normalized spacial score (nSPS) is 31.7. The number of likely N-dealkylation sites (N-methyl/N-ethyl adjacent to an activating group) is 1. The molecule has 0 aliphatic carbocycles. The Bertz CT molecular complexity index is 448. The Labute approximate surface area is 129 Å². The monoisotopic (exact) mass is 311 g/mol. The van der Waals surface area contributed by atoms with Crippen molar-refractivity contribution in [1.82, 2.24) is 4.57 Å². The van der Waals surface area contributed by atoms with E-state index < -0.39 is 7.79 Å². The lowest BCUT2D eigenvalue weighted by atomic mass is 9.95. The molecule has 1 unspecified atom stereocenters. The summed E-state index contributed by atoms with van der Waals surface area (Å²) in [6.07, 6.45) is 0. The molecular formula is C16H26ClNOSi. The minimum absolute atomic E-state index is 0.157. The zero-order valence-electron chi connectivity index (χ0n) is 13.2. The van der Waals surface area contributed by atoms with Gasteiger partial charge in [0.2, 0.25) is 0 Å². The van der Waals surface area contributed by atoms with E-state index in [1.165, 1.54) is 5.56 Å². The van der Waals surface area contributed by atoms with Crippen LogP contribution in [0.25, 0.3) is 0 Å². The molecule has 1 aliphatic heterocycles. The number of halogens is 1. The van der Waals surface area contributed by atoms with Crippen LogP contribution in [0.2, 0.25) is 6.04 Å². The third kappa shape index (κ3) is 3.45. The van der Waals surface area contributed by atoms with E-state index in [-0.39, 0.29) is 5.41 Å². The molecule has 1 saturated heterocycles. The molecule has 3 atom stereocenters. The van der Waals surface area contributed by atoms with Crippen molar-refractivity contribution in [2.75, 3.05) is 13.7 Å². The molecule has 1 aromatic rings. The minimum atomic E-state index is -2.30. The molecule has 1 fully saturated rings. The molecule has 0 spiro atoms. The Morgan fingerprint density at radius 3 is 2.45 bits per heavy atom. The third-order valence-corrected chi connectivity index (χ3v) is 8.73. The van der Waals surface area contributed by atoms with Gasteiger partial charge < -0.3 is 4.43 Å². The second-order valence-electron chi connectivity index (χ2n) is 7.11. The van der Waals surface area contributed by atoms with Crippen LogP contribution in [0, 0.1) is 5.41 Å². The molecule has 0 aromatic heterocycles. The van der Waals surface area contributed by atoms with Gasteiger partial charge in [-0.25, -0.2) is 0 Å². The second-order valence-corrected chi connectivity index (χ2v) is 11.7. The van der Waals surface area contributed by atoms with Crippen LogP contribution in [0.3, 0.4) is 0 Å². The highest BCUT2D eigenvalue weighted by atomic mass is 35.6.